The number of aliphatic hydroxyl groups is 1. The molecule has 0 bridgehead atoms. The Morgan fingerprint density at radius 3 is 1.21 bits per heavy atom. The van der Waals surface area contributed by atoms with Crippen LogP contribution in [-0.4, -0.2) is 59.6 Å². The Balaban J connectivity index is -0.0000000546. The van der Waals surface area contributed by atoms with E-state index in [2.05, 4.69) is 34.3 Å². The first-order valence-electron chi connectivity index (χ1n) is 10.8. The molecule has 0 aromatic heterocycles. The van der Waals surface area contributed by atoms with Crippen LogP contribution in [0.15, 0.2) is 12.7 Å². The lowest BCUT2D eigenvalue weighted by Crippen LogP contribution is -2.32. The van der Waals surface area contributed by atoms with E-state index in [0.29, 0.717) is 0 Å². The molecule has 0 saturated heterocycles. The van der Waals surface area contributed by atoms with Gasteiger partial charge in [-0.25, -0.2) is 0 Å². The summed E-state index contributed by atoms with van der Waals surface area (Å²) < 4.78 is 43.8. The van der Waals surface area contributed by atoms with Crippen molar-refractivity contribution in [3.63, 3.8) is 0 Å². The van der Waals surface area contributed by atoms with Crippen molar-refractivity contribution in [1.29, 1.82) is 0 Å². The van der Waals surface area contributed by atoms with E-state index >= 15 is 0 Å². The quantitative estimate of drug-likeness (QED) is 0.112. The molecule has 0 fully saturated rings. The largest absolute Gasteiger partial charge is 0.549 e. The summed E-state index contributed by atoms with van der Waals surface area (Å²) in [6.45, 7) is 10.6. The number of hydrogen-bond acceptors (Lipinski definition) is 7. The number of allylic oxidation sites excluding steroid dienone is 1. The molecule has 0 aliphatic heterocycles. The van der Waals surface area contributed by atoms with Gasteiger partial charge in [0.05, 0.1) is 0 Å². The first-order chi connectivity index (χ1) is 16.1. The van der Waals surface area contributed by atoms with Gasteiger partial charge in [-0.05, 0) is 6.42 Å². The molecule has 0 radical (unpaired) electrons. The first kappa shape index (κ1) is 51.5. The molecule has 0 amide bonds. The number of halogens is 4. The predicted molar refractivity (Wildman–Crippen MR) is 152 cm³/mol. The minimum Gasteiger partial charge on any atom is -0.400 e. The average Bonchev–Trinajstić information content (AvgIpc) is 2.81. The van der Waals surface area contributed by atoms with Crippen molar-refractivity contribution >= 4 is 77.5 Å². The predicted octanol–water partition coefficient (Wildman–Crippen LogP) is 7.00. The Labute approximate surface area is 233 Å². The zero-order valence-electron chi connectivity index (χ0n) is 21.8. The highest BCUT2D eigenvalue weighted by Crippen LogP contribution is 2.20. The maximum absolute atomic E-state index is 8.40. The van der Waals surface area contributed by atoms with E-state index in [1.807, 2.05) is 6.08 Å². The molecule has 0 aromatic rings. The van der Waals surface area contributed by atoms with Crippen LogP contribution >= 0.6 is 44.3 Å². The van der Waals surface area contributed by atoms with E-state index < -0.39 is 33.2 Å². The van der Waals surface area contributed by atoms with Crippen LogP contribution in [0.4, 0.5) is 0 Å². The van der Waals surface area contributed by atoms with E-state index in [-0.39, 0.29) is 0 Å². The fraction of sp³-hybridized carbons (Fsp3) is 0.895. The molecule has 0 heterocycles. The van der Waals surface area contributed by atoms with Gasteiger partial charge in [0.25, 0.3) is 0 Å². The third kappa shape index (κ3) is 105. The SMILES string of the molecule is C=CCCC.CCCCCC.CCCCC[Si](Cl)(OC)OC.CO.Cl[SiH](Cl)Cl.O=[Si]=O.O=[Si]=O. The highest BCUT2D eigenvalue weighted by molar-refractivity contribution is 7.54. The number of unbranched alkanes of at least 4 members (excludes halogenated alkanes) is 6. The third-order valence-corrected chi connectivity index (χ3v) is 6.80. The maximum atomic E-state index is 8.40. The minimum absolute atomic E-state index is 0.884. The molecule has 0 spiro atoms. The van der Waals surface area contributed by atoms with Gasteiger partial charge in [0.15, 0.2) is 0 Å². The average molecular weight is 641 g/mol. The summed E-state index contributed by atoms with van der Waals surface area (Å²) in [6.07, 6.45) is 13.4. The molecule has 7 nitrogen and oxygen atoms in total. The van der Waals surface area contributed by atoms with Gasteiger partial charge < -0.3 is 14.0 Å². The van der Waals surface area contributed by atoms with Gasteiger partial charge in [-0.2, -0.15) is 0 Å². The van der Waals surface area contributed by atoms with Crippen LogP contribution in [0.3, 0.4) is 0 Å². The Hall–Kier alpha value is 0.848. The zero-order chi connectivity index (χ0) is 28.7. The number of aliphatic hydroxyl groups excluding tert-OH is 1. The molecule has 34 heavy (non-hydrogen) atoms. The molecular formula is C19H46Cl4O7Si4. The molecule has 0 saturated carbocycles. The molecule has 15 heteroatoms. The van der Waals surface area contributed by atoms with Crippen LogP contribution in [0.1, 0.15) is 85.5 Å². The van der Waals surface area contributed by atoms with E-state index in [0.717, 1.165) is 26.0 Å². The highest BCUT2D eigenvalue weighted by atomic mass is 35.8. The molecule has 0 aliphatic rings. The van der Waals surface area contributed by atoms with Gasteiger partial charge in [-0.3, -0.25) is 17.8 Å². The van der Waals surface area contributed by atoms with Crippen molar-refractivity contribution in [2.75, 3.05) is 21.3 Å². The lowest BCUT2D eigenvalue weighted by Gasteiger charge is -2.18. The second-order valence-corrected chi connectivity index (χ2v) is 16.9. The van der Waals surface area contributed by atoms with E-state index in [1.54, 1.807) is 14.2 Å². The van der Waals surface area contributed by atoms with Gasteiger partial charge in [0, 0.05) is 27.4 Å². The van der Waals surface area contributed by atoms with Gasteiger partial charge >= 0.3 is 33.2 Å². The molecule has 0 aromatic carbocycles. The molecule has 0 atom stereocenters. The zero-order valence-corrected chi connectivity index (χ0v) is 29.0. The van der Waals surface area contributed by atoms with Crippen molar-refractivity contribution < 1.29 is 31.8 Å². The number of hydrogen-bond donors (Lipinski definition) is 1. The summed E-state index contributed by atoms with van der Waals surface area (Å²) in [6, 6.07) is 0.884. The third-order valence-electron chi connectivity index (χ3n) is 3.14. The normalized spacial score (nSPS) is 8.26. The van der Waals surface area contributed by atoms with Gasteiger partial charge in [0.2, 0.25) is 0 Å². The fourth-order valence-corrected chi connectivity index (χ4v) is 3.23. The lowest BCUT2D eigenvalue weighted by molar-refractivity contribution is 0.264. The van der Waals surface area contributed by atoms with Crippen LogP contribution < -0.4 is 0 Å². The minimum atomic E-state index is -2.26. The Morgan fingerprint density at radius 1 is 0.794 bits per heavy atom. The summed E-state index contributed by atoms with van der Waals surface area (Å²) in [7, 11) is -0.856. The van der Waals surface area contributed by atoms with Crippen LogP contribution in [0, 0.1) is 0 Å². The fourth-order valence-electron chi connectivity index (χ4n) is 1.58. The summed E-state index contributed by atoms with van der Waals surface area (Å²) in [5.41, 5.74) is 0. The van der Waals surface area contributed by atoms with Crippen LogP contribution in [0.2, 0.25) is 6.04 Å². The van der Waals surface area contributed by atoms with Crippen molar-refractivity contribution in [1.82, 2.24) is 0 Å². The van der Waals surface area contributed by atoms with Gasteiger partial charge in [-0.15, -0.1) is 39.8 Å². The Morgan fingerprint density at radius 2 is 1.06 bits per heavy atom. The monoisotopic (exact) mass is 638 g/mol. The van der Waals surface area contributed by atoms with Crippen molar-refractivity contribution in [3.8, 4) is 0 Å². The van der Waals surface area contributed by atoms with Gasteiger partial charge in [-0.1, -0.05) is 96.2 Å². The van der Waals surface area contributed by atoms with Gasteiger partial charge in [0.1, 0.15) is 0 Å². The van der Waals surface area contributed by atoms with Crippen LogP contribution in [0.5, 0.6) is 0 Å². The Kier molecular flexibility index (Phi) is 89.6. The summed E-state index contributed by atoms with van der Waals surface area (Å²) >= 11 is 20.9. The summed E-state index contributed by atoms with van der Waals surface area (Å²) in [5, 5.41) is 7.00. The second kappa shape index (κ2) is 59.2. The standard InChI is InChI=1S/C7H17ClO2Si.C6H14.C5H10.CH4O.Cl3HSi.2O2Si/c1-4-5-6-7-11(8,9-2)10-3;1-3-5-6-4-2;1-3-5-4-2;1-2;1-4(2)3;2*1-3-2/h4-7H2,1-3H3;3-6H2,1-2H3;3H,1,4-5H2,2H3;2H,1H3;4H;;. The van der Waals surface area contributed by atoms with Crippen LogP contribution in [0.25, 0.3) is 0 Å². The highest BCUT2D eigenvalue weighted by Gasteiger charge is 2.32. The molecule has 208 valence electrons. The molecule has 0 unspecified atom stereocenters. The van der Waals surface area contributed by atoms with E-state index in [4.69, 9.17) is 76.1 Å². The van der Waals surface area contributed by atoms with E-state index in [9.17, 15) is 0 Å². The Bertz CT molecular complexity index is 380. The van der Waals surface area contributed by atoms with Crippen molar-refractivity contribution in [2.24, 2.45) is 0 Å². The molecular weight excluding hydrogens is 594 g/mol. The first-order valence-corrected chi connectivity index (χ1v) is 20.7. The molecule has 0 aliphatic carbocycles. The molecule has 0 rings (SSSR count). The summed E-state index contributed by atoms with van der Waals surface area (Å²) in [4.78, 5) is 0. The van der Waals surface area contributed by atoms with Crippen molar-refractivity contribution in [2.45, 2.75) is 91.5 Å². The van der Waals surface area contributed by atoms with Crippen molar-refractivity contribution in [3.05, 3.63) is 12.7 Å². The maximum Gasteiger partial charge on any atom is 0.549 e. The number of rotatable bonds is 11. The topological polar surface area (TPSA) is 107 Å². The van der Waals surface area contributed by atoms with Crippen LogP contribution in [-0.2, 0) is 26.7 Å². The lowest BCUT2D eigenvalue weighted by atomic mass is 10.2. The molecule has 1 N–H and O–H groups in total. The smallest absolute Gasteiger partial charge is 0.400 e. The van der Waals surface area contributed by atoms with E-state index in [1.165, 1.54) is 44.9 Å². The second-order valence-electron chi connectivity index (χ2n) is 5.72. The summed E-state index contributed by atoms with van der Waals surface area (Å²) in [5.74, 6) is 0.